The molecule has 156 valence electrons. The van der Waals surface area contributed by atoms with Gasteiger partial charge in [-0.3, -0.25) is 14.5 Å². The first-order valence-electron chi connectivity index (χ1n) is 10.1. The number of para-hydroxylation sites is 1. The Kier molecular flexibility index (Phi) is 5.58. The lowest BCUT2D eigenvalue weighted by atomic mass is 9.99. The normalized spacial score (nSPS) is 13.7. The Hall–Kier alpha value is -3.86. The Labute approximate surface area is 182 Å². The highest BCUT2D eigenvalue weighted by atomic mass is 16.5. The molecule has 0 atom stereocenters. The van der Waals surface area contributed by atoms with Crippen molar-refractivity contribution in [3.63, 3.8) is 0 Å². The van der Waals surface area contributed by atoms with E-state index in [-0.39, 0.29) is 18.4 Å². The van der Waals surface area contributed by atoms with Crippen LogP contribution in [0.15, 0.2) is 78.5 Å². The van der Waals surface area contributed by atoms with Crippen molar-refractivity contribution in [2.75, 3.05) is 12.4 Å². The first kappa shape index (κ1) is 20.4. The molecule has 4 rings (SSSR count). The quantitative estimate of drug-likeness (QED) is 0.596. The first-order valence-corrected chi connectivity index (χ1v) is 10.1. The standard InChI is InChI=1S/C26H24N2O3/c1-17-9-12-20(15-18(17)2)23-24(27-21-7-5-4-6-8-21)26(30)28(25(23)29)16-19-10-13-22(31-3)14-11-19/h4-15,27H,16H2,1-3H3. The number of carbonyl (C=O) groups is 2. The molecule has 0 radical (unpaired) electrons. The van der Waals surface area contributed by atoms with Crippen LogP contribution in [0.2, 0.25) is 0 Å². The van der Waals surface area contributed by atoms with E-state index in [0.717, 1.165) is 33.7 Å². The SMILES string of the molecule is COc1ccc(CN2C(=O)C(Nc3ccccc3)=C(c3ccc(C)c(C)c3)C2=O)cc1. The van der Waals surface area contributed by atoms with E-state index in [1.165, 1.54) is 4.90 Å². The summed E-state index contributed by atoms with van der Waals surface area (Å²) in [5.41, 5.74) is 5.23. The maximum Gasteiger partial charge on any atom is 0.278 e. The van der Waals surface area contributed by atoms with Gasteiger partial charge in [-0.05, 0) is 60.4 Å². The average molecular weight is 412 g/mol. The summed E-state index contributed by atoms with van der Waals surface area (Å²) in [7, 11) is 1.60. The van der Waals surface area contributed by atoms with Crippen LogP contribution >= 0.6 is 0 Å². The van der Waals surface area contributed by atoms with Crippen molar-refractivity contribution in [1.29, 1.82) is 0 Å². The van der Waals surface area contributed by atoms with Crippen molar-refractivity contribution in [2.24, 2.45) is 0 Å². The van der Waals surface area contributed by atoms with Gasteiger partial charge in [0.15, 0.2) is 0 Å². The van der Waals surface area contributed by atoms with Gasteiger partial charge in [0.2, 0.25) is 0 Å². The summed E-state index contributed by atoms with van der Waals surface area (Å²) in [6, 6.07) is 22.6. The number of aryl methyl sites for hydroxylation is 2. The molecule has 0 spiro atoms. The molecule has 0 unspecified atom stereocenters. The van der Waals surface area contributed by atoms with E-state index in [0.29, 0.717) is 11.3 Å². The highest BCUT2D eigenvalue weighted by molar-refractivity contribution is 6.36. The topological polar surface area (TPSA) is 58.6 Å². The summed E-state index contributed by atoms with van der Waals surface area (Å²) in [6.07, 6.45) is 0. The van der Waals surface area contributed by atoms with E-state index in [1.807, 2.05) is 86.6 Å². The number of nitrogens with one attached hydrogen (secondary N) is 1. The minimum absolute atomic E-state index is 0.190. The van der Waals surface area contributed by atoms with Gasteiger partial charge in [0, 0.05) is 5.69 Å². The minimum Gasteiger partial charge on any atom is -0.497 e. The molecule has 3 aromatic carbocycles. The molecule has 0 aromatic heterocycles. The summed E-state index contributed by atoms with van der Waals surface area (Å²) < 4.78 is 5.19. The number of carbonyl (C=O) groups excluding carboxylic acids is 2. The van der Waals surface area contributed by atoms with Gasteiger partial charge in [-0.1, -0.05) is 48.5 Å². The summed E-state index contributed by atoms with van der Waals surface area (Å²) in [6.45, 7) is 4.21. The molecule has 1 aliphatic heterocycles. The van der Waals surface area contributed by atoms with Crippen LogP contribution in [0.5, 0.6) is 5.75 Å². The fraction of sp³-hybridized carbons (Fsp3) is 0.154. The predicted octanol–water partition coefficient (Wildman–Crippen LogP) is 4.70. The highest BCUT2D eigenvalue weighted by Gasteiger charge is 2.39. The predicted molar refractivity (Wildman–Crippen MR) is 121 cm³/mol. The molecular weight excluding hydrogens is 388 g/mol. The Morgan fingerprint density at radius 2 is 1.55 bits per heavy atom. The van der Waals surface area contributed by atoms with Crippen molar-refractivity contribution in [3.05, 3.63) is 101 Å². The zero-order valence-corrected chi connectivity index (χ0v) is 17.8. The Morgan fingerprint density at radius 1 is 0.839 bits per heavy atom. The number of ether oxygens (including phenoxy) is 1. The number of hydrogen-bond acceptors (Lipinski definition) is 4. The van der Waals surface area contributed by atoms with Gasteiger partial charge in [-0.25, -0.2) is 0 Å². The molecule has 3 aromatic rings. The molecule has 0 fully saturated rings. The lowest BCUT2D eigenvalue weighted by molar-refractivity contribution is -0.137. The summed E-state index contributed by atoms with van der Waals surface area (Å²) in [5, 5.41) is 3.19. The van der Waals surface area contributed by atoms with Crippen LogP contribution in [0.3, 0.4) is 0 Å². The third-order valence-electron chi connectivity index (χ3n) is 5.51. The number of rotatable bonds is 6. The summed E-state index contributed by atoms with van der Waals surface area (Å²) >= 11 is 0. The molecule has 0 saturated carbocycles. The van der Waals surface area contributed by atoms with Crippen LogP contribution in [-0.4, -0.2) is 23.8 Å². The van der Waals surface area contributed by atoms with Crippen LogP contribution in [0, 0.1) is 13.8 Å². The molecule has 1 aliphatic rings. The second kappa shape index (κ2) is 8.48. The fourth-order valence-electron chi connectivity index (χ4n) is 3.58. The van der Waals surface area contributed by atoms with E-state index in [1.54, 1.807) is 7.11 Å². The van der Waals surface area contributed by atoms with Gasteiger partial charge in [0.25, 0.3) is 11.8 Å². The van der Waals surface area contributed by atoms with E-state index in [4.69, 9.17) is 4.74 Å². The van der Waals surface area contributed by atoms with E-state index in [9.17, 15) is 9.59 Å². The van der Waals surface area contributed by atoms with Gasteiger partial charge >= 0.3 is 0 Å². The average Bonchev–Trinajstić information content (AvgIpc) is 3.01. The zero-order chi connectivity index (χ0) is 22.0. The van der Waals surface area contributed by atoms with Crippen LogP contribution in [0.25, 0.3) is 5.57 Å². The van der Waals surface area contributed by atoms with Crippen LogP contribution < -0.4 is 10.1 Å². The molecule has 0 aliphatic carbocycles. The molecule has 2 amide bonds. The van der Waals surface area contributed by atoms with Crippen molar-refractivity contribution in [1.82, 2.24) is 4.90 Å². The largest absolute Gasteiger partial charge is 0.497 e. The van der Waals surface area contributed by atoms with Gasteiger partial charge < -0.3 is 10.1 Å². The maximum absolute atomic E-state index is 13.4. The second-order valence-corrected chi connectivity index (χ2v) is 7.58. The Morgan fingerprint density at radius 3 is 2.19 bits per heavy atom. The van der Waals surface area contributed by atoms with Crippen LogP contribution in [0.1, 0.15) is 22.3 Å². The molecule has 1 N–H and O–H groups in total. The molecule has 0 bridgehead atoms. The van der Waals surface area contributed by atoms with E-state index in [2.05, 4.69) is 5.32 Å². The molecule has 31 heavy (non-hydrogen) atoms. The lowest BCUT2D eigenvalue weighted by Crippen LogP contribution is -2.32. The summed E-state index contributed by atoms with van der Waals surface area (Å²) in [4.78, 5) is 28.1. The zero-order valence-electron chi connectivity index (χ0n) is 17.8. The van der Waals surface area contributed by atoms with Gasteiger partial charge in [-0.15, -0.1) is 0 Å². The number of methoxy groups -OCH3 is 1. The Bertz CT molecular complexity index is 1170. The second-order valence-electron chi connectivity index (χ2n) is 7.58. The van der Waals surface area contributed by atoms with Crippen molar-refractivity contribution >= 4 is 23.1 Å². The van der Waals surface area contributed by atoms with Crippen LogP contribution in [0.4, 0.5) is 5.69 Å². The number of hydrogen-bond donors (Lipinski definition) is 1. The molecule has 5 heteroatoms. The molecule has 5 nitrogen and oxygen atoms in total. The van der Waals surface area contributed by atoms with Crippen LogP contribution in [-0.2, 0) is 16.1 Å². The maximum atomic E-state index is 13.4. The number of nitrogens with zero attached hydrogens (tertiary/aromatic N) is 1. The number of imide groups is 1. The number of benzene rings is 3. The van der Waals surface area contributed by atoms with E-state index < -0.39 is 0 Å². The Balaban J connectivity index is 1.72. The highest BCUT2D eigenvalue weighted by Crippen LogP contribution is 2.32. The third kappa shape index (κ3) is 4.08. The van der Waals surface area contributed by atoms with Gasteiger partial charge in [0.1, 0.15) is 11.4 Å². The van der Waals surface area contributed by atoms with E-state index >= 15 is 0 Å². The summed E-state index contributed by atoms with van der Waals surface area (Å²) in [5.74, 6) is 0.0867. The van der Waals surface area contributed by atoms with Gasteiger partial charge in [-0.2, -0.15) is 0 Å². The number of anilines is 1. The van der Waals surface area contributed by atoms with Gasteiger partial charge in [0.05, 0.1) is 19.2 Å². The molecule has 0 saturated heterocycles. The fourth-order valence-corrected chi connectivity index (χ4v) is 3.58. The van der Waals surface area contributed by atoms with Crippen molar-refractivity contribution in [3.8, 4) is 5.75 Å². The number of amides is 2. The third-order valence-corrected chi connectivity index (χ3v) is 5.51. The monoisotopic (exact) mass is 412 g/mol. The smallest absolute Gasteiger partial charge is 0.278 e. The van der Waals surface area contributed by atoms with Crippen molar-refractivity contribution in [2.45, 2.75) is 20.4 Å². The molecule has 1 heterocycles. The van der Waals surface area contributed by atoms with Crippen molar-refractivity contribution < 1.29 is 14.3 Å². The minimum atomic E-state index is -0.335. The molecular formula is C26H24N2O3. The first-order chi connectivity index (χ1) is 15.0. The lowest BCUT2D eigenvalue weighted by Gasteiger charge is -2.16.